The summed E-state index contributed by atoms with van der Waals surface area (Å²) in [5, 5.41) is 2.96. The highest BCUT2D eigenvalue weighted by Gasteiger charge is 2.29. The average Bonchev–Trinajstić information content (AvgIpc) is 3.02. The Labute approximate surface area is 149 Å². The van der Waals surface area contributed by atoms with Gasteiger partial charge in [0.2, 0.25) is 0 Å². The molecule has 0 aliphatic carbocycles. The molecule has 0 spiro atoms. The smallest absolute Gasteiger partial charge is 0.287 e. The lowest BCUT2D eigenvalue weighted by Crippen LogP contribution is -2.54. The standard InChI is InChI=1S/C20H28N2O3/c1-13(2)20(5,12-21)22-19(23)18-9-7-16(25-18)11-24-17-8-6-14(3)10-15(17)4/h6-10,13H,11-12,21H2,1-5H3,(H,22,23). The normalized spacial score (nSPS) is 13.6. The fourth-order valence-corrected chi connectivity index (χ4v) is 2.44. The van der Waals surface area contributed by atoms with Crippen molar-refractivity contribution < 1.29 is 13.9 Å². The first-order valence-electron chi connectivity index (χ1n) is 8.56. The minimum atomic E-state index is -0.473. The van der Waals surface area contributed by atoms with Crippen LogP contribution in [0.1, 0.15) is 48.2 Å². The second kappa shape index (κ2) is 7.74. The van der Waals surface area contributed by atoms with E-state index in [9.17, 15) is 4.79 Å². The molecule has 136 valence electrons. The SMILES string of the molecule is Cc1ccc(OCc2ccc(C(=O)NC(C)(CN)C(C)C)o2)c(C)c1. The van der Waals surface area contributed by atoms with E-state index >= 15 is 0 Å². The molecule has 5 heteroatoms. The third-order valence-corrected chi connectivity index (χ3v) is 4.68. The van der Waals surface area contributed by atoms with E-state index in [2.05, 4.69) is 11.4 Å². The van der Waals surface area contributed by atoms with Gasteiger partial charge in [-0.15, -0.1) is 0 Å². The Morgan fingerprint density at radius 3 is 2.60 bits per heavy atom. The van der Waals surface area contributed by atoms with Gasteiger partial charge in [-0.3, -0.25) is 4.79 Å². The first-order valence-corrected chi connectivity index (χ1v) is 8.56. The van der Waals surface area contributed by atoms with Gasteiger partial charge in [-0.05, 0) is 50.5 Å². The Bertz CT molecular complexity index is 736. The van der Waals surface area contributed by atoms with Crippen LogP contribution in [0.5, 0.6) is 5.75 Å². The second-order valence-corrected chi connectivity index (χ2v) is 7.05. The van der Waals surface area contributed by atoms with Crippen molar-refractivity contribution in [3.63, 3.8) is 0 Å². The number of benzene rings is 1. The molecule has 0 fully saturated rings. The van der Waals surface area contributed by atoms with Crippen molar-refractivity contribution in [3.05, 3.63) is 53.0 Å². The highest BCUT2D eigenvalue weighted by molar-refractivity contribution is 5.92. The van der Waals surface area contributed by atoms with Gasteiger partial charge in [-0.25, -0.2) is 0 Å². The molecule has 2 aromatic rings. The largest absolute Gasteiger partial charge is 0.485 e. The van der Waals surface area contributed by atoms with Gasteiger partial charge in [0.15, 0.2) is 5.76 Å². The zero-order valence-corrected chi connectivity index (χ0v) is 15.7. The summed E-state index contributed by atoms with van der Waals surface area (Å²) in [5.74, 6) is 1.62. The van der Waals surface area contributed by atoms with E-state index in [1.54, 1.807) is 12.1 Å². The molecule has 0 aliphatic heterocycles. The minimum absolute atomic E-state index is 0.212. The number of carbonyl (C=O) groups excluding carboxylic acids is 1. The molecule has 0 saturated heterocycles. The van der Waals surface area contributed by atoms with Crippen LogP contribution >= 0.6 is 0 Å². The van der Waals surface area contributed by atoms with Crippen molar-refractivity contribution in [2.45, 2.75) is 46.8 Å². The van der Waals surface area contributed by atoms with Crippen molar-refractivity contribution >= 4 is 5.91 Å². The average molecular weight is 344 g/mol. The van der Waals surface area contributed by atoms with Crippen LogP contribution in [0.2, 0.25) is 0 Å². The molecule has 25 heavy (non-hydrogen) atoms. The van der Waals surface area contributed by atoms with Crippen LogP contribution in [-0.4, -0.2) is 18.0 Å². The Morgan fingerprint density at radius 1 is 1.28 bits per heavy atom. The Kier molecular flexibility index (Phi) is 5.90. The quantitative estimate of drug-likeness (QED) is 0.805. The van der Waals surface area contributed by atoms with Crippen LogP contribution in [0.15, 0.2) is 34.7 Å². The van der Waals surface area contributed by atoms with Gasteiger partial charge in [0, 0.05) is 6.54 Å². The Morgan fingerprint density at radius 2 is 2.00 bits per heavy atom. The summed E-state index contributed by atoms with van der Waals surface area (Å²) in [6.07, 6.45) is 0. The Balaban J connectivity index is 2.01. The van der Waals surface area contributed by atoms with E-state index < -0.39 is 5.54 Å². The van der Waals surface area contributed by atoms with Crippen LogP contribution in [-0.2, 0) is 6.61 Å². The lowest BCUT2D eigenvalue weighted by molar-refractivity contribution is 0.0850. The highest BCUT2D eigenvalue weighted by Crippen LogP contribution is 2.21. The number of hydrogen-bond donors (Lipinski definition) is 2. The molecule has 1 atom stereocenters. The maximum absolute atomic E-state index is 12.4. The summed E-state index contributed by atoms with van der Waals surface area (Å²) in [5.41, 5.74) is 7.60. The number of ether oxygens (including phenoxy) is 1. The number of furan rings is 1. The van der Waals surface area contributed by atoms with Gasteiger partial charge in [0.25, 0.3) is 5.91 Å². The first kappa shape index (κ1) is 19.1. The van der Waals surface area contributed by atoms with Crippen molar-refractivity contribution in [1.82, 2.24) is 5.32 Å². The van der Waals surface area contributed by atoms with E-state index in [1.807, 2.05) is 46.8 Å². The first-order chi connectivity index (χ1) is 11.7. The Hall–Kier alpha value is -2.27. The van der Waals surface area contributed by atoms with E-state index in [0.29, 0.717) is 12.3 Å². The van der Waals surface area contributed by atoms with Gasteiger partial charge < -0.3 is 20.2 Å². The molecule has 5 nitrogen and oxygen atoms in total. The summed E-state index contributed by atoms with van der Waals surface area (Å²) in [6.45, 7) is 10.7. The van der Waals surface area contributed by atoms with Crippen LogP contribution in [0.4, 0.5) is 0 Å². The van der Waals surface area contributed by atoms with Crippen molar-refractivity contribution in [1.29, 1.82) is 0 Å². The molecule has 0 saturated carbocycles. The predicted molar refractivity (Wildman–Crippen MR) is 98.7 cm³/mol. The second-order valence-electron chi connectivity index (χ2n) is 7.05. The molecule has 3 N–H and O–H groups in total. The highest BCUT2D eigenvalue weighted by atomic mass is 16.5. The lowest BCUT2D eigenvalue weighted by Gasteiger charge is -2.33. The van der Waals surface area contributed by atoms with Gasteiger partial charge in [0.1, 0.15) is 18.1 Å². The zero-order valence-electron chi connectivity index (χ0n) is 15.7. The monoisotopic (exact) mass is 344 g/mol. The molecule has 1 aromatic carbocycles. The lowest BCUT2D eigenvalue weighted by atomic mass is 9.88. The summed E-state index contributed by atoms with van der Waals surface area (Å²) in [4.78, 5) is 12.4. The number of aryl methyl sites for hydroxylation is 2. The summed E-state index contributed by atoms with van der Waals surface area (Å²) >= 11 is 0. The molecule has 0 aliphatic rings. The van der Waals surface area contributed by atoms with Gasteiger partial charge in [-0.1, -0.05) is 31.5 Å². The van der Waals surface area contributed by atoms with Crippen molar-refractivity contribution in [3.8, 4) is 5.75 Å². The molecule has 1 amide bonds. The fraction of sp³-hybridized carbons (Fsp3) is 0.450. The molecule has 1 aromatic heterocycles. The molecule has 1 heterocycles. The van der Waals surface area contributed by atoms with E-state index in [1.165, 1.54) is 5.56 Å². The van der Waals surface area contributed by atoms with Crippen LogP contribution in [0, 0.1) is 19.8 Å². The molecule has 2 rings (SSSR count). The minimum Gasteiger partial charge on any atom is -0.485 e. The topological polar surface area (TPSA) is 77.5 Å². The number of rotatable bonds is 7. The molecular weight excluding hydrogens is 316 g/mol. The van der Waals surface area contributed by atoms with Gasteiger partial charge in [-0.2, -0.15) is 0 Å². The fourth-order valence-electron chi connectivity index (χ4n) is 2.44. The number of nitrogens with one attached hydrogen (secondary N) is 1. The predicted octanol–water partition coefficient (Wildman–Crippen LogP) is 3.58. The summed E-state index contributed by atoms with van der Waals surface area (Å²) < 4.78 is 11.4. The number of nitrogens with two attached hydrogens (primary N) is 1. The third-order valence-electron chi connectivity index (χ3n) is 4.68. The van der Waals surface area contributed by atoms with Crippen LogP contribution in [0.3, 0.4) is 0 Å². The van der Waals surface area contributed by atoms with E-state index in [4.69, 9.17) is 14.9 Å². The number of hydrogen-bond acceptors (Lipinski definition) is 4. The van der Waals surface area contributed by atoms with Crippen molar-refractivity contribution in [2.75, 3.05) is 6.54 Å². The van der Waals surface area contributed by atoms with E-state index in [-0.39, 0.29) is 24.2 Å². The summed E-state index contributed by atoms with van der Waals surface area (Å²) in [7, 11) is 0. The van der Waals surface area contributed by atoms with Crippen LogP contribution in [0.25, 0.3) is 0 Å². The molecular formula is C20H28N2O3. The van der Waals surface area contributed by atoms with Crippen molar-refractivity contribution in [2.24, 2.45) is 11.7 Å². The number of carbonyl (C=O) groups is 1. The molecule has 1 unspecified atom stereocenters. The van der Waals surface area contributed by atoms with Gasteiger partial charge in [0.05, 0.1) is 5.54 Å². The maximum Gasteiger partial charge on any atom is 0.287 e. The zero-order chi connectivity index (χ0) is 18.6. The molecule has 0 radical (unpaired) electrons. The van der Waals surface area contributed by atoms with Gasteiger partial charge >= 0.3 is 0 Å². The third kappa shape index (κ3) is 4.63. The van der Waals surface area contributed by atoms with Crippen LogP contribution < -0.4 is 15.8 Å². The summed E-state index contributed by atoms with van der Waals surface area (Å²) in [6, 6.07) is 9.43. The number of amides is 1. The van der Waals surface area contributed by atoms with E-state index in [0.717, 1.165) is 11.3 Å². The maximum atomic E-state index is 12.4. The molecule has 0 bridgehead atoms.